The molecular formula is C16H35Cl2N3O2. The lowest BCUT2D eigenvalue weighted by molar-refractivity contribution is -0.121. The lowest BCUT2D eigenvalue weighted by Gasteiger charge is -2.35. The second kappa shape index (κ2) is 15.5. The topological polar surface area (TPSA) is 67.6 Å². The zero-order chi connectivity index (χ0) is 15.5. The maximum absolute atomic E-state index is 11.7. The first-order valence-corrected chi connectivity index (χ1v) is 8.46. The van der Waals surface area contributed by atoms with E-state index in [1.54, 1.807) is 0 Å². The van der Waals surface area contributed by atoms with E-state index in [0.29, 0.717) is 18.6 Å². The van der Waals surface area contributed by atoms with E-state index in [2.05, 4.69) is 24.1 Å². The Bertz CT molecular complexity index is 286. The average Bonchev–Trinajstić information content (AvgIpc) is 2.42. The first-order chi connectivity index (χ1) is 10.1. The standard InChI is InChI=1S/C16H33N3O2.2ClH/c1-14-12-19(13-15(2)21-14)11-7-10-18-16(20)8-5-3-4-6-9-17;;/h14-15H,3-13,17H2,1-2H3,(H,18,20);2*1H. The van der Waals surface area contributed by atoms with Gasteiger partial charge in [0.1, 0.15) is 0 Å². The van der Waals surface area contributed by atoms with E-state index in [9.17, 15) is 4.79 Å². The molecule has 0 aromatic carbocycles. The third-order valence-corrected chi connectivity index (χ3v) is 3.83. The summed E-state index contributed by atoms with van der Waals surface area (Å²) >= 11 is 0. The van der Waals surface area contributed by atoms with Crippen molar-refractivity contribution in [2.75, 3.05) is 32.7 Å². The van der Waals surface area contributed by atoms with Crippen molar-refractivity contribution in [3.05, 3.63) is 0 Å². The number of nitrogens with zero attached hydrogens (tertiary/aromatic N) is 1. The summed E-state index contributed by atoms with van der Waals surface area (Å²) in [7, 11) is 0. The molecule has 1 aliphatic heterocycles. The third-order valence-electron chi connectivity index (χ3n) is 3.83. The molecule has 1 amide bonds. The van der Waals surface area contributed by atoms with E-state index in [4.69, 9.17) is 10.5 Å². The predicted molar refractivity (Wildman–Crippen MR) is 101 cm³/mol. The van der Waals surface area contributed by atoms with Crippen LogP contribution < -0.4 is 11.1 Å². The zero-order valence-electron chi connectivity index (χ0n) is 14.6. The summed E-state index contributed by atoms with van der Waals surface area (Å²) in [5, 5.41) is 3.01. The van der Waals surface area contributed by atoms with Crippen LogP contribution in [0.2, 0.25) is 0 Å². The molecule has 1 saturated heterocycles. The number of unbranched alkanes of at least 4 members (excludes halogenated alkanes) is 3. The van der Waals surface area contributed by atoms with Gasteiger partial charge in [0, 0.05) is 32.6 Å². The Kier molecular flexibility index (Phi) is 16.9. The Morgan fingerprint density at radius 3 is 2.30 bits per heavy atom. The highest BCUT2D eigenvalue weighted by atomic mass is 35.5. The van der Waals surface area contributed by atoms with E-state index in [0.717, 1.165) is 64.8 Å². The molecule has 1 fully saturated rings. The molecule has 0 saturated carbocycles. The number of morpholine rings is 1. The molecule has 0 aromatic rings. The lowest BCUT2D eigenvalue weighted by atomic mass is 10.1. The molecule has 2 unspecified atom stereocenters. The molecule has 23 heavy (non-hydrogen) atoms. The largest absolute Gasteiger partial charge is 0.373 e. The molecule has 1 aliphatic rings. The van der Waals surface area contributed by atoms with Crippen LogP contribution in [-0.2, 0) is 9.53 Å². The smallest absolute Gasteiger partial charge is 0.219 e. The van der Waals surface area contributed by atoms with Gasteiger partial charge in [-0.15, -0.1) is 24.8 Å². The van der Waals surface area contributed by atoms with Crippen molar-refractivity contribution in [1.29, 1.82) is 0 Å². The number of hydrogen-bond acceptors (Lipinski definition) is 4. The maximum atomic E-state index is 11.7. The van der Waals surface area contributed by atoms with Gasteiger partial charge in [-0.25, -0.2) is 0 Å². The van der Waals surface area contributed by atoms with Crippen molar-refractivity contribution >= 4 is 30.7 Å². The Morgan fingerprint density at radius 2 is 1.70 bits per heavy atom. The maximum Gasteiger partial charge on any atom is 0.219 e. The summed E-state index contributed by atoms with van der Waals surface area (Å²) in [5.41, 5.74) is 5.44. The van der Waals surface area contributed by atoms with Gasteiger partial charge in [-0.05, 0) is 39.7 Å². The number of halogens is 2. The predicted octanol–water partition coefficient (Wildman–Crippen LogP) is 2.35. The van der Waals surface area contributed by atoms with Crippen molar-refractivity contribution in [2.24, 2.45) is 5.73 Å². The molecule has 5 nitrogen and oxygen atoms in total. The van der Waals surface area contributed by atoms with Gasteiger partial charge in [-0.3, -0.25) is 9.69 Å². The molecule has 0 aliphatic carbocycles. The van der Waals surface area contributed by atoms with Gasteiger partial charge in [-0.1, -0.05) is 12.8 Å². The molecular weight excluding hydrogens is 337 g/mol. The number of hydrogen-bond donors (Lipinski definition) is 2. The molecule has 2 atom stereocenters. The van der Waals surface area contributed by atoms with Crippen LogP contribution in [-0.4, -0.2) is 55.7 Å². The summed E-state index contributed by atoms with van der Waals surface area (Å²) in [4.78, 5) is 14.1. The fraction of sp³-hybridized carbons (Fsp3) is 0.938. The van der Waals surface area contributed by atoms with Crippen molar-refractivity contribution in [3.8, 4) is 0 Å². The van der Waals surface area contributed by atoms with Gasteiger partial charge in [0.05, 0.1) is 12.2 Å². The van der Waals surface area contributed by atoms with Crippen LogP contribution in [0.3, 0.4) is 0 Å². The molecule has 7 heteroatoms. The van der Waals surface area contributed by atoms with Gasteiger partial charge in [0.15, 0.2) is 0 Å². The number of nitrogens with one attached hydrogen (secondary N) is 1. The number of ether oxygens (including phenoxy) is 1. The molecule has 1 rings (SSSR count). The van der Waals surface area contributed by atoms with Crippen LogP contribution in [0.25, 0.3) is 0 Å². The zero-order valence-corrected chi connectivity index (χ0v) is 16.2. The fourth-order valence-corrected chi connectivity index (χ4v) is 2.87. The van der Waals surface area contributed by atoms with E-state index >= 15 is 0 Å². The van der Waals surface area contributed by atoms with Crippen molar-refractivity contribution in [2.45, 2.75) is 64.6 Å². The van der Waals surface area contributed by atoms with Crippen LogP contribution >= 0.6 is 24.8 Å². The minimum absolute atomic E-state index is 0. The van der Waals surface area contributed by atoms with Crippen LogP contribution in [0.4, 0.5) is 0 Å². The summed E-state index contributed by atoms with van der Waals surface area (Å²) < 4.78 is 5.71. The second-order valence-electron chi connectivity index (χ2n) is 6.17. The molecule has 140 valence electrons. The molecule has 0 spiro atoms. The molecule has 3 N–H and O–H groups in total. The average molecular weight is 372 g/mol. The van der Waals surface area contributed by atoms with E-state index < -0.39 is 0 Å². The number of rotatable bonds is 10. The number of nitrogens with two attached hydrogens (primary N) is 1. The Morgan fingerprint density at radius 1 is 1.09 bits per heavy atom. The quantitative estimate of drug-likeness (QED) is 0.578. The van der Waals surface area contributed by atoms with Gasteiger partial charge in [0.2, 0.25) is 5.91 Å². The minimum Gasteiger partial charge on any atom is -0.373 e. The Labute approximate surface area is 153 Å². The highest BCUT2D eigenvalue weighted by molar-refractivity contribution is 5.85. The van der Waals surface area contributed by atoms with Gasteiger partial charge in [-0.2, -0.15) is 0 Å². The molecule has 0 aromatic heterocycles. The first kappa shape index (κ1) is 25.2. The molecule has 0 radical (unpaired) electrons. The highest BCUT2D eigenvalue weighted by Crippen LogP contribution is 2.10. The monoisotopic (exact) mass is 371 g/mol. The van der Waals surface area contributed by atoms with Gasteiger partial charge >= 0.3 is 0 Å². The van der Waals surface area contributed by atoms with Gasteiger partial charge < -0.3 is 15.8 Å². The number of carbonyl (C=O) groups is 1. The van der Waals surface area contributed by atoms with E-state index in [1.165, 1.54) is 0 Å². The van der Waals surface area contributed by atoms with E-state index in [1.807, 2.05) is 0 Å². The van der Waals surface area contributed by atoms with Crippen LogP contribution in [0.5, 0.6) is 0 Å². The third kappa shape index (κ3) is 13.0. The number of amides is 1. The summed E-state index contributed by atoms with van der Waals surface area (Å²) in [6.45, 7) is 8.81. The first-order valence-electron chi connectivity index (χ1n) is 8.46. The van der Waals surface area contributed by atoms with Crippen molar-refractivity contribution in [1.82, 2.24) is 10.2 Å². The van der Waals surface area contributed by atoms with Crippen molar-refractivity contribution in [3.63, 3.8) is 0 Å². The molecule has 1 heterocycles. The van der Waals surface area contributed by atoms with Gasteiger partial charge in [0.25, 0.3) is 0 Å². The Hall–Kier alpha value is -0.0700. The Balaban J connectivity index is 0. The van der Waals surface area contributed by atoms with Crippen LogP contribution in [0, 0.1) is 0 Å². The number of carbonyl (C=O) groups excluding carboxylic acids is 1. The summed E-state index contributed by atoms with van der Waals surface area (Å²) in [5.74, 6) is 0.187. The molecule has 0 bridgehead atoms. The summed E-state index contributed by atoms with van der Waals surface area (Å²) in [6.07, 6.45) is 6.58. The van der Waals surface area contributed by atoms with Crippen LogP contribution in [0.15, 0.2) is 0 Å². The van der Waals surface area contributed by atoms with Crippen LogP contribution in [0.1, 0.15) is 52.4 Å². The minimum atomic E-state index is 0. The fourth-order valence-electron chi connectivity index (χ4n) is 2.87. The highest BCUT2D eigenvalue weighted by Gasteiger charge is 2.21. The normalized spacial score (nSPS) is 21.2. The summed E-state index contributed by atoms with van der Waals surface area (Å²) in [6, 6.07) is 0. The lowest BCUT2D eigenvalue weighted by Crippen LogP contribution is -2.46. The van der Waals surface area contributed by atoms with E-state index in [-0.39, 0.29) is 30.7 Å². The SMILES string of the molecule is CC1CN(CCCNC(=O)CCCCCCN)CC(C)O1.Cl.Cl. The second-order valence-corrected chi connectivity index (χ2v) is 6.17. The van der Waals surface area contributed by atoms with Crippen molar-refractivity contribution < 1.29 is 9.53 Å².